The molecule has 0 unspecified atom stereocenters. The average Bonchev–Trinajstić information content (AvgIpc) is 3.27. The quantitative estimate of drug-likeness (QED) is 0.681. The molecule has 7 nitrogen and oxygen atoms in total. The number of ether oxygens (including phenoxy) is 1. The zero-order chi connectivity index (χ0) is 21.8. The molecular formula is C21H22FN3O4S2. The van der Waals surface area contributed by atoms with E-state index in [2.05, 4.69) is 4.99 Å². The van der Waals surface area contributed by atoms with Crippen molar-refractivity contribution in [1.29, 1.82) is 0 Å². The molecule has 0 N–H and O–H groups in total. The fourth-order valence-electron chi connectivity index (χ4n) is 3.33. The topological polar surface area (TPSA) is 79.3 Å². The third-order valence-corrected chi connectivity index (χ3v) is 8.04. The van der Waals surface area contributed by atoms with Gasteiger partial charge in [0.25, 0.3) is 5.91 Å². The number of benzene rings is 2. The van der Waals surface area contributed by atoms with Crippen LogP contribution in [0.5, 0.6) is 0 Å². The van der Waals surface area contributed by atoms with Crippen molar-refractivity contribution in [2.75, 3.05) is 39.4 Å². The van der Waals surface area contributed by atoms with Gasteiger partial charge in [0.05, 0.1) is 24.7 Å². The number of carbonyl (C=O) groups is 1. The standard InChI is InChI=1S/C21H22FN3O4S2/c22-18-5-1-16(2-6-18)15-30-21-23-9-10-25(21)20(26)17-3-7-19(8-4-17)31(27,28)24-11-13-29-14-12-24/h1-8H,9-15H2. The number of morpholine rings is 1. The van der Waals surface area contributed by atoms with Crippen LogP contribution in [0, 0.1) is 5.82 Å². The lowest BCUT2D eigenvalue weighted by Gasteiger charge is -2.26. The molecule has 0 aromatic heterocycles. The highest BCUT2D eigenvalue weighted by Crippen LogP contribution is 2.23. The van der Waals surface area contributed by atoms with Crippen LogP contribution in [0.3, 0.4) is 0 Å². The summed E-state index contributed by atoms with van der Waals surface area (Å²) in [6.45, 7) is 2.38. The van der Waals surface area contributed by atoms with Crippen LogP contribution in [-0.4, -0.2) is 68.1 Å². The van der Waals surface area contributed by atoms with Gasteiger partial charge >= 0.3 is 0 Å². The number of rotatable bonds is 5. The molecule has 2 aromatic carbocycles. The molecule has 0 atom stereocenters. The van der Waals surface area contributed by atoms with Crippen LogP contribution in [0.25, 0.3) is 0 Å². The first-order valence-electron chi connectivity index (χ1n) is 9.87. The number of thioether (sulfide) groups is 1. The number of carbonyl (C=O) groups excluding carboxylic acids is 1. The number of halogens is 1. The van der Waals surface area contributed by atoms with Crippen LogP contribution >= 0.6 is 11.8 Å². The Morgan fingerprint density at radius 2 is 1.71 bits per heavy atom. The van der Waals surface area contributed by atoms with Gasteiger partial charge in [-0.05, 0) is 42.0 Å². The number of hydrogen-bond acceptors (Lipinski definition) is 6. The highest BCUT2D eigenvalue weighted by molar-refractivity contribution is 8.13. The first-order valence-corrected chi connectivity index (χ1v) is 12.3. The summed E-state index contributed by atoms with van der Waals surface area (Å²) in [7, 11) is -3.60. The monoisotopic (exact) mass is 463 g/mol. The molecule has 1 saturated heterocycles. The Hall–Kier alpha value is -2.27. The van der Waals surface area contributed by atoms with E-state index < -0.39 is 10.0 Å². The van der Waals surface area contributed by atoms with E-state index in [9.17, 15) is 17.6 Å². The Morgan fingerprint density at radius 1 is 1.03 bits per heavy atom. The Kier molecular flexibility index (Phi) is 6.71. The van der Waals surface area contributed by atoms with Gasteiger partial charge in [-0.3, -0.25) is 14.7 Å². The third-order valence-electron chi connectivity index (χ3n) is 5.04. The van der Waals surface area contributed by atoms with Crippen LogP contribution in [0.4, 0.5) is 4.39 Å². The average molecular weight is 464 g/mol. The molecule has 164 valence electrons. The molecule has 0 radical (unpaired) electrons. The van der Waals surface area contributed by atoms with Crippen molar-refractivity contribution in [3.05, 3.63) is 65.5 Å². The van der Waals surface area contributed by atoms with Gasteiger partial charge in [0.1, 0.15) is 5.82 Å². The van der Waals surface area contributed by atoms with E-state index in [-0.39, 0.29) is 16.6 Å². The summed E-state index contributed by atoms with van der Waals surface area (Å²) in [5.41, 5.74) is 1.34. The maximum Gasteiger partial charge on any atom is 0.259 e. The number of sulfonamides is 1. The molecule has 2 aromatic rings. The molecule has 4 rings (SSSR count). The van der Waals surface area contributed by atoms with Gasteiger partial charge in [-0.25, -0.2) is 12.8 Å². The van der Waals surface area contributed by atoms with Crippen LogP contribution < -0.4 is 0 Å². The molecule has 0 aliphatic carbocycles. The molecule has 2 heterocycles. The third kappa shape index (κ3) is 4.98. The van der Waals surface area contributed by atoms with Crippen molar-refractivity contribution in [3.63, 3.8) is 0 Å². The van der Waals surface area contributed by atoms with Crippen molar-refractivity contribution in [2.24, 2.45) is 4.99 Å². The summed E-state index contributed by atoms with van der Waals surface area (Å²) < 4.78 is 45.2. The van der Waals surface area contributed by atoms with E-state index in [4.69, 9.17) is 4.74 Å². The Labute approximate surface area is 185 Å². The maximum absolute atomic E-state index is 13.1. The molecule has 10 heteroatoms. The SMILES string of the molecule is O=C(c1ccc(S(=O)(=O)N2CCOCC2)cc1)N1CCN=C1SCc1ccc(F)cc1. The molecule has 0 bridgehead atoms. The maximum atomic E-state index is 13.1. The summed E-state index contributed by atoms with van der Waals surface area (Å²) >= 11 is 1.42. The second-order valence-corrected chi connectivity index (χ2v) is 9.96. The van der Waals surface area contributed by atoms with Gasteiger partial charge < -0.3 is 4.74 Å². The molecule has 1 fully saturated rings. The minimum Gasteiger partial charge on any atom is -0.379 e. The van der Waals surface area contributed by atoms with Crippen molar-refractivity contribution in [2.45, 2.75) is 10.6 Å². The predicted octanol–water partition coefficient (Wildman–Crippen LogP) is 2.59. The minimum atomic E-state index is -3.60. The molecule has 2 aliphatic rings. The van der Waals surface area contributed by atoms with E-state index in [1.165, 1.54) is 52.5 Å². The zero-order valence-electron chi connectivity index (χ0n) is 16.7. The van der Waals surface area contributed by atoms with Gasteiger partial charge in [0, 0.05) is 31.0 Å². The molecule has 0 spiro atoms. The molecular weight excluding hydrogens is 441 g/mol. The van der Waals surface area contributed by atoms with Gasteiger partial charge in [-0.15, -0.1) is 0 Å². The highest BCUT2D eigenvalue weighted by Gasteiger charge is 2.28. The van der Waals surface area contributed by atoms with Gasteiger partial charge in [0.15, 0.2) is 5.17 Å². The molecule has 2 aliphatic heterocycles. The minimum absolute atomic E-state index is 0.159. The highest BCUT2D eigenvalue weighted by atomic mass is 32.2. The fraction of sp³-hybridized carbons (Fsp3) is 0.333. The van der Waals surface area contributed by atoms with E-state index in [1.807, 2.05) is 0 Å². The first kappa shape index (κ1) is 21.9. The number of nitrogens with zero attached hydrogens (tertiary/aromatic N) is 3. The molecule has 1 amide bonds. The van der Waals surface area contributed by atoms with E-state index in [0.29, 0.717) is 55.9 Å². The van der Waals surface area contributed by atoms with Crippen LogP contribution in [0.2, 0.25) is 0 Å². The lowest BCUT2D eigenvalue weighted by molar-refractivity contribution is 0.0730. The van der Waals surface area contributed by atoms with Crippen molar-refractivity contribution in [3.8, 4) is 0 Å². The Morgan fingerprint density at radius 3 is 2.39 bits per heavy atom. The summed E-state index contributed by atoms with van der Waals surface area (Å²) in [4.78, 5) is 19.1. The van der Waals surface area contributed by atoms with Crippen molar-refractivity contribution in [1.82, 2.24) is 9.21 Å². The van der Waals surface area contributed by atoms with E-state index in [0.717, 1.165) is 5.56 Å². The summed E-state index contributed by atoms with van der Waals surface area (Å²) in [6, 6.07) is 12.2. The molecule has 31 heavy (non-hydrogen) atoms. The van der Waals surface area contributed by atoms with Gasteiger partial charge in [0.2, 0.25) is 10.0 Å². The molecule has 0 saturated carbocycles. The summed E-state index contributed by atoms with van der Waals surface area (Å²) in [5.74, 6) is 0.0561. The van der Waals surface area contributed by atoms with E-state index in [1.54, 1.807) is 17.0 Å². The van der Waals surface area contributed by atoms with Gasteiger partial charge in [-0.1, -0.05) is 23.9 Å². The number of hydrogen-bond donors (Lipinski definition) is 0. The first-order chi connectivity index (χ1) is 14.9. The van der Waals surface area contributed by atoms with Crippen molar-refractivity contribution < 1.29 is 22.3 Å². The Balaban J connectivity index is 1.42. The number of amidine groups is 1. The zero-order valence-corrected chi connectivity index (χ0v) is 18.4. The summed E-state index contributed by atoms with van der Waals surface area (Å²) in [6.07, 6.45) is 0. The smallest absolute Gasteiger partial charge is 0.259 e. The lowest BCUT2D eigenvalue weighted by atomic mass is 10.2. The van der Waals surface area contributed by atoms with Gasteiger partial charge in [-0.2, -0.15) is 4.31 Å². The van der Waals surface area contributed by atoms with Crippen LogP contribution in [0.15, 0.2) is 58.4 Å². The van der Waals surface area contributed by atoms with E-state index >= 15 is 0 Å². The Bertz CT molecular complexity index is 1070. The largest absolute Gasteiger partial charge is 0.379 e. The second-order valence-electron chi connectivity index (χ2n) is 7.08. The second kappa shape index (κ2) is 9.47. The van der Waals surface area contributed by atoms with Crippen LogP contribution in [-0.2, 0) is 20.5 Å². The van der Waals surface area contributed by atoms with Crippen LogP contribution in [0.1, 0.15) is 15.9 Å². The normalized spacial score (nSPS) is 17.6. The number of aliphatic imine (C=N–C) groups is 1. The summed E-state index contributed by atoms with van der Waals surface area (Å²) in [5, 5.41) is 0.610. The predicted molar refractivity (Wildman–Crippen MR) is 117 cm³/mol. The lowest BCUT2D eigenvalue weighted by Crippen LogP contribution is -2.40. The number of amides is 1. The van der Waals surface area contributed by atoms with Crippen molar-refractivity contribution >= 4 is 32.9 Å². The fourth-order valence-corrected chi connectivity index (χ4v) is 5.74.